The molecule has 0 spiro atoms. The van der Waals surface area contributed by atoms with E-state index in [1.807, 2.05) is 26.0 Å². The fourth-order valence-corrected chi connectivity index (χ4v) is 2.60. The lowest BCUT2D eigenvalue weighted by atomic mass is 10.2. The molecular formula is C14H17BrN4O2S. The molecule has 1 heterocycles. The van der Waals surface area contributed by atoms with Gasteiger partial charge in [0.05, 0.1) is 20.4 Å². The zero-order chi connectivity index (χ0) is 16.3. The van der Waals surface area contributed by atoms with E-state index in [1.165, 1.54) is 0 Å². The van der Waals surface area contributed by atoms with Crippen LogP contribution in [0, 0.1) is 4.77 Å². The Morgan fingerprint density at radius 3 is 2.68 bits per heavy atom. The Labute approximate surface area is 142 Å². The molecule has 0 aliphatic heterocycles. The number of nitrogens with one attached hydrogen (secondary N) is 1. The SMILES string of the molecule is COc1cc(Br)cc(/C=N\n2c(C(C)C)n[nH]c2=S)c1OC. The molecule has 0 amide bonds. The van der Waals surface area contributed by atoms with Gasteiger partial charge < -0.3 is 9.47 Å². The summed E-state index contributed by atoms with van der Waals surface area (Å²) in [4.78, 5) is 0. The number of hydrogen-bond acceptors (Lipinski definition) is 5. The molecule has 6 nitrogen and oxygen atoms in total. The molecule has 1 aromatic heterocycles. The van der Waals surface area contributed by atoms with Crippen molar-refractivity contribution in [3.63, 3.8) is 0 Å². The van der Waals surface area contributed by atoms with Crippen LogP contribution in [0.3, 0.4) is 0 Å². The number of halogens is 1. The summed E-state index contributed by atoms with van der Waals surface area (Å²) < 4.78 is 13.6. The van der Waals surface area contributed by atoms with Crippen LogP contribution in [0.4, 0.5) is 0 Å². The highest BCUT2D eigenvalue weighted by Crippen LogP contribution is 2.33. The molecular weight excluding hydrogens is 368 g/mol. The average Bonchev–Trinajstić information content (AvgIpc) is 2.85. The van der Waals surface area contributed by atoms with Crippen LogP contribution in [0.1, 0.15) is 31.2 Å². The van der Waals surface area contributed by atoms with E-state index < -0.39 is 0 Å². The first-order valence-corrected chi connectivity index (χ1v) is 7.81. The molecule has 0 radical (unpaired) electrons. The quantitative estimate of drug-likeness (QED) is 0.629. The molecule has 2 rings (SSSR count). The van der Waals surface area contributed by atoms with Crippen molar-refractivity contribution in [1.82, 2.24) is 14.9 Å². The van der Waals surface area contributed by atoms with Gasteiger partial charge >= 0.3 is 0 Å². The summed E-state index contributed by atoms with van der Waals surface area (Å²) in [5, 5.41) is 11.4. The summed E-state index contributed by atoms with van der Waals surface area (Å²) in [6.45, 7) is 4.05. The Morgan fingerprint density at radius 1 is 1.36 bits per heavy atom. The van der Waals surface area contributed by atoms with E-state index in [2.05, 4.69) is 31.2 Å². The number of methoxy groups -OCH3 is 2. The number of hydrogen-bond donors (Lipinski definition) is 1. The second-order valence-electron chi connectivity index (χ2n) is 4.83. The van der Waals surface area contributed by atoms with Crippen molar-refractivity contribution in [2.24, 2.45) is 5.10 Å². The van der Waals surface area contributed by atoms with Crippen molar-refractivity contribution in [2.45, 2.75) is 19.8 Å². The Bertz CT molecular complexity index is 752. The third-order valence-corrected chi connectivity index (χ3v) is 3.70. The summed E-state index contributed by atoms with van der Waals surface area (Å²) in [5.74, 6) is 2.19. The van der Waals surface area contributed by atoms with Gasteiger partial charge in [0.2, 0.25) is 4.77 Å². The van der Waals surface area contributed by atoms with Crippen molar-refractivity contribution in [1.29, 1.82) is 0 Å². The van der Waals surface area contributed by atoms with E-state index in [9.17, 15) is 0 Å². The monoisotopic (exact) mass is 384 g/mol. The summed E-state index contributed by atoms with van der Waals surface area (Å²) >= 11 is 8.65. The lowest BCUT2D eigenvalue weighted by Gasteiger charge is -2.11. The molecule has 118 valence electrons. The number of ether oxygens (including phenoxy) is 2. The van der Waals surface area contributed by atoms with E-state index >= 15 is 0 Å². The van der Waals surface area contributed by atoms with E-state index in [1.54, 1.807) is 25.1 Å². The molecule has 0 saturated carbocycles. The Hall–Kier alpha value is -1.67. The highest BCUT2D eigenvalue weighted by Gasteiger charge is 2.12. The van der Waals surface area contributed by atoms with Crippen molar-refractivity contribution in [3.8, 4) is 11.5 Å². The zero-order valence-corrected chi connectivity index (χ0v) is 15.2. The van der Waals surface area contributed by atoms with Gasteiger partial charge in [0.25, 0.3) is 0 Å². The van der Waals surface area contributed by atoms with Crippen LogP contribution < -0.4 is 9.47 Å². The summed E-state index contributed by atoms with van der Waals surface area (Å²) in [6.07, 6.45) is 1.67. The van der Waals surface area contributed by atoms with Crippen LogP contribution in [0.2, 0.25) is 0 Å². The lowest BCUT2D eigenvalue weighted by molar-refractivity contribution is 0.354. The van der Waals surface area contributed by atoms with E-state index in [0.29, 0.717) is 16.3 Å². The number of rotatable bonds is 5. The first-order valence-electron chi connectivity index (χ1n) is 6.61. The molecule has 8 heteroatoms. The molecule has 0 bridgehead atoms. The molecule has 1 aromatic carbocycles. The van der Waals surface area contributed by atoms with Crippen LogP contribution >= 0.6 is 28.1 Å². The Balaban J connectivity index is 2.49. The van der Waals surface area contributed by atoms with Gasteiger partial charge in [-0.3, -0.25) is 5.10 Å². The van der Waals surface area contributed by atoms with Crippen LogP contribution in [0.25, 0.3) is 0 Å². The van der Waals surface area contributed by atoms with Crippen molar-refractivity contribution < 1.29 is 9.47 Å². The average molecular weight is 385 g/mol. The smallest absolute Gasteiger partial charge is 0.216 e. The van der Waals surface area contributed by atoms with Crippen LogP contribution in [-0.4, -0.2) is 35.3 Å². The second kappa shape index (κ2) is 7.06. The third kappa shape index (κ3) is 3.38. The fraction of sp³-hybridized carbons (Fsp3) is 0.357. The van der Waals surface area contributed by atoms with Gasteiger partial charge in [0.1, 0.15) is 0 Å². The summed E-state index contributed by atoms with van der Waals surface area (Å²) in [5.41, 5.74) is 0.770. The van der Waals surface area contributed by atoms with Gasteiger partial charge in [0, 0.05) is 16.0 Å². The maximum atomic E-state index is 5.40. The number of aromatic nitrogens is 3. The van der Waals surface area contributed by atoms with Gasteiger partial charge in [-0.15, -0.1) is 0 Å². The minimum absolute atomic E-state index is 0.198. The van der Waals surface area contributed by atoms with E-state index in [0.717, 1.165) is 15.9 Å². The molecule has 2 aromatic rings. The van der Waals surface area contributed by atoms with Gasteiger partial charge in [-0.25, -0.2) is 0 Å². The number of benzene rings is 1. The summed E-state index contributed by atoms with van der Waals surface area (Å²) in [6, 6.07) is 3.73. The highest BCUT2D eigenvalue weighted by atomic mass is 79.9. The standard InChI is InChI=1S/C14H17BrN4O2S/c1-8(2)13-17-18-14(22)19(13)16-7-9-5-10(15)6-11(20-3)12(9)21-4/h5-8H,1-4H3,(H,18,22)/b16-7-. The predicted octanol–water partition coefficient (Wildman–Crippen LogP) is 3.73. The predicted molar refractivity (Wildman–Crippen MR) is 91.7 cm³/mol. The lowest BCUT2D eigenvalue weighted by Crippen LogP contribution is -2.02. The Morgan fingerprint density at radius 2 is 2.09 bits per heavy atom. The number of aromatic amines is 1. The van der Waals surface area contributed by atoms with E-state index in [-0.39, 0.29) is 5.92 Å². The molecule has 0 saturated heterocycles. The molecule has 0 fully saturated rings. The number of nitrogens with zero attached hydrogens (tertiary/aromatic N) is 3. The minimum atomic E-state index is 0.198. The van der Waals surface area contributed by atoms with Crippen molar-refractivity contribution in [2.75, 3.05) is 14.2 Å². The van der Waals surface area contributed by atoms with Crippen LogP contribution in [0.15, 0.2) is 21.7 Å². The molecule has 22 heavy (non-hydrogen) atoms. The van der Waals surface area contributed by atoms with E-state index in [4.69, 9.17) is 21.7 Å². The highest BCUT2D eigenvalue weighted by molar-refractivity contribution is 9.10. The molecule has 0 aliphatic rings. The van der Waals surface area contributed by atoms with Crippen LogP contribution in [-0.2, 0) is 0 Å². The molecule has 0 unspecified atom stereocenters. The van der Waals surface area contributed by atoms with Gasteiger partial charge in [0.15, 0.2) is 17.3 Å². The fourth-order valence-electron chi connectivity index (χ4n) is 1.96. The zero-order valence-electron chi connectivity index (χ0n) is 12.8. The molecule has 0 atom stereocenters. The second-order valence-corrected chi connectivity index (χ2v) is 6.13. The first-order chi connectivity index (χ1) is 10.5. The maximum absolute atomic E-state index is 5.40. The summed E-state index contributed by atoms with van der Waals surface area (Å²) in [7, 11) is 3.18. The van der Waals surface area contributed by atoms with Gasteiger partial charge in [-0.05, 0) is 24.4 Å². The Kier molecular flexibility index (Phi) is 5.36. The third-order valence-electron chi connectivity index (χ3n) is 2.98. The van der Waals surface area contributed by atoms with Crippen LogP contribution in [0.5, 0.6) is 11.5 Å². The normalized spacial score (nSPS) is 11.4. The van der Waals surface area contributed by atoms with Crippen molar-refractivity contribution >= 4 is 34.4 Å². The molecule has 1 N–H and O–H groups in total. The largest absolute Gasteiger partial charge is 0.493 e. The van der Waals surface area contributed by atoms with Crippen molar-refractivity contribution in [3.05, 3.63) is 32.8 Å². The minimum Gasteiger partial charge on any atom is -0.493 e. The maximum Gasteiger partial charge on any atom is 0.216 e. The molecule has 0 aliphatic carbocycles. The van der Waals surface area contributed by atoms with Gasteiger partial charge in [-0.1, -0.05) is 29.8 Å². The number of H-pyrrole nitrogens is 1. The first kappa shape index (κ1) is 16.7. The topological polar surface area (TPSA) is 64.4 Å². The van der Waals surface area contributed by atoms with Gasteiger partial charge in [-0.2, -0.15) is 14.9 Å².